The van der Waals surface area contributed by atoms with Gasteiger partial charge in [-0.15, -0.1) is 0 Å². The minimum atomic E-state index is -0.0625. The third-order valence-electron chi connectivity index (χ3n) is 0.522. The van der Waals surface area contributed by atoms with Gasteiger partial charge in [0.1, 0.15) is 18.2 Å². The zero-order valence-corrected chi connectivity index (χ0v) is 5.60. The van der Waals surface area contributed by atoms with Crippen LogP contribution in [0.5, 0.6) is 0 Å². The molecule has 0 fully saturated rings. The second-order valence-electron chi connectivity index (χ2n) is 1.10. The second-order valence-corrected chi connectivity index (χ2v) is 1.54. The van der Waals surface area contributed by atoms with Gasteiger partial charge in [-0.3, -0.25) is 0 Å². The molecule has 5 heteroatoms. The van der Waals surface area contributed by atoms with E-state index < -0.39 is 0 Å². The molecule has 2 N–H and O–H groups in total. The maximum Gasteiger partial charge on any atom is 0.213 e. The Morgan fingerprint density at radius 2 is 2.44 bits per heavy atom. The zero-order valence-electron chi connectivity index (χ0n) is 4.79. The first-order valence-electron chi connectivity index (χ1n) is 2.03. The fraction of sp³-hybridized carbons (Fsp3) is 0.250. The van der Waals surface area contributed by atoms with E-state index in [1.54, 1.807) is 6.07 Å². The summed E-state index contributed by atoms with van der Waals surface area (Å²) in [6, 6.07) is 1.66. The Morgan fingerprint density at radius 3 is 2.56 bits per heavy atom. The summed E-state index contributed by atoms with van der Waals surface area (Å²) < 4.78 is 0. The first-order chi connectivity index (χ1) is 4.22. The number of nitrogens with two attached hydrogens (primary N) is 1. The van der Waals surface area contributed by atoms with E-state index in [2.05, 4.69) is 22.2 Å². The fourth-order valence-corrected chi connectivity index (χ4v) is 0.295. The standard InChI is InChI=1S/C4H5N3OS/c1-8-7-3(2-5)4(6)9/h1H3,(H2,6,9)/b7-3-. The number of thiocarbonyl (C=S) groups is 1. The second kappa shape index (κ2) is 3.80. The lowest BCUT2D eigenvalue weighted by molar-refractivity contribution is 0.215. The Morgan fingerprint density at radius 1 is 1.89 bits per heavy atom. The molecule has 0 spiro atoms. The number of oxime groups is 1. The average Bonchev–Trinajstić information content (AvgIpc) is 1.82. The molecule has 0 heterocycles. The van der Waals surface area contributed by atoms with Gasteiger partial charge in [-0.25, -0.2) is 0 Å². The van der Waals surface area contributed by atoms with E-state index >= 15 is 0 Å². The minimum absolute atomic E-state index is 0.0562. The van der Waals surface area contributed by atoms with Crippen LogP contribution in [-0.4, -0.2) is 17.8 Å². The maximum atomic E-state index is 8.20. The van der Waals surface area contributed by atoms with Gasteiger partial charge < -0.3 is 10.6 Å². The smallest absolute Gasteiger partial charge is 0.213 e. The molecule has 9 heavy (non-hydrogen) atoms. The molecule has 0 unspecified atom stereocenters. The van der Waals surface area contributed by atoms with Crippen LogP contribution in [0, 0.1) is 11.3 Å². The molecule has 0 atom stereocenters. The van der Waals surface area contributed by atoms with Gasteiger partial charge in [-0.2, -0.15) is 5.26 Å². The van der Waals surface area contributed by atoms with Gasteiger partial charge in [-0.05, 0) is 0 Å². The van der Waals surface area contributed by atoms with Crippen molar-refractivity contribution in [3.8, 4) is 6.07 Å². The SMILES string of the molecule is CO/N=C(/C#N)C(N)=S. The summed E-state index contributed by atoms with van der Waals surface area (Å²) in [7, 11) is 1.32. The molecule has 0 saturated heterocycles. The van der Waals surface area contributed by atoms with Crippen molar-refractivity contribution in [3.05, 3.63) is 0 Å². The van der Waals surface area contributed by atoms with E-state index in [-0.39, 0.29) is 10.7 Å². The van der Waals surface area contributed by atoms with Gasteiger partial charge in [0.15, 0.2) is 0 Å². The van der Waals surface area contributed by atoms with Gasteiger partial charge in [0.2, 0.25) is 5.71 Å². The Kier molecular flexibility index (Phi) is 3.32. The molecule has 0 rings (SSSR count). The number of nitriles is 1. The third-order valence-corrected chi connectivity index (χ3v) is 0.715. The van der Waals surface area contributed by atoms with Gasteiger partial charge in [0, 0.05) is 0 Å². The Bertz CT molecular complexity index is 181. The van der Waals surface area contributed by atoms with Crippen LogP contribution in [0.15, 0.2) is 5.16 Å². The molecule has 0 aromatic carbocycles. The monoisotopic (exact) mass is 143 g/mol. The average molecular weight is 143 g/mol. The molecule has 0 amide bonds. The fourth-order valence-electron chi connectivity index (χ4n) is 0.212. The summed E-state index contributed by atoms with van der Waals surface area (Å²) in [6.07, 6.45) is 0. The molecule has 0 radical (unpaired) electrons. The normalized spacial score (nSPS) is 10.0. The van der Waals surface area contributed by atoms with Crippen LogP contribution in [0.25, 0.3) is 0 Å². The molecule has 0 saturated carbocycles. The van der Waals surface area contributed by atoms with E-state index in [0.717, 1.165) is 0 Å². The van der Waals surface area contributed by atoms with Gasteiger partial charge in [0.05, 0.1) is 0 Å². The molecule has 0 aliphatic carbocycles. The summed E-state index contributed by atoms with van der Waals surface area (Å²) in [5.74, 6) is 0. The first kappa shape index (κ1) is 7.85. The van der Waals surface area contributed by atoms with Gasteiger partial charge >= 0.3 is 0 Å². The zero-order chi connectivity index (χ0) is 7.28. The Balaban J connectivity index is 4.20. The highest BCUT2D eigenvalue weighted by Crippen LogP contribution is 1.77. The maximum absolute atomic E-state index is 8.20. The van der Waals surface area contributed by atoms with Crippen molar-refractivity contribution >= 4 is 22.9 Å². The number of nitrogens with zero attached hydrogens (tertiary/aromatic N) is 2. The van der Waals surface area contributed by atoms with E-state index in [1.165, 1.54) is 7.11 Å². The van der Waals surface area contributed by atoms with Gasteiger partial charge in [-0.1, -0.05) is 17.4 Å². The van der Waals surface area contributed by atoms with E-state index in [9.17, 15) is 0 Å². The lowest BCUT2D eigenvalue weighted by Gasteiger charge is -1.89. The molecular weight excluding hydrogens is 138 g/mol. The Labute approximate surface area is 57.9 Å². The number of rotatable bonds is 2. The van der Waals surface area contributed by atoms with Crippen molar-refractivity contribution in [1.29, 1.82) is 5.26 Å². The van der Waals surface area contributed by atoms with Crippen molar-refractivity contribution < 1.29 is 4.84 Å². The summed E-state index contributed by atoms with van der Waals surface area (Å²) in [6.45, 7) is 0. The van der Waals surface area contributed by atoms with E-state index in [1.807, 2.05) is 0 Å². The predicted molar refractivity (Wildman–Crippen MR) is 36.8 cm³/mol. The molecule has 0 aliphatic heterocycles. The lowest BCUT2D eigenvalue weighted by atomic mass is 10.4. The molecule has 4 nitrogen and oxygen atoms in total. The van der Waals surface area contributed by atoms with Crippen LogP contribution < -0.4 is 5.73 Å². The third kappa shape index (κ3) is 2.61. The number of hydrogen-bond donors (Lipinski definition) is 1. The molecule has 0 aromatic rings. The van der Waals surface area contributed by atoms with Crippen LogP contribution in [-0.2, 0) is 4.84 Å². The topological polar surface area (TPSA) is 71.4 Å². The van der Waals surface area contributed by atoms with Crippen molar-refractivity contribution in [1.82, 2.24) is 0 Å². The van der Waals surface area contributed by atoms with Crippen molar-refractivity contribution in [2.75, 3.05) is 7.11 Å². The van der Waals surface area contributed by atoms with E-state index in [4.69, 9.17) is 11.0 Å². The van der Waals surface area contributed by atoms with Gasteiger partial charge in [0.25, 0.3) is 0 Å². The number of hydrogen-bond acceptors (Lipinski definition) is 4. The van der Waals surface area contributed by atoms with Crippen molar-refractivity contribution in [2.45, 2.75) is 0 Å². The summed E-state index contributed by atoms with van der Waals surface area (Å²) in [5, 5.41) is 11.4. The van der Waals surface area contributed by atoms with E-state index in [0.29, 0.717) is 0 Å². The summed E-state index contributed by atoms with van der Waals surface area (Å²) >= 11 is 4.43. The predicted octanol–water partition coefficient (Wildman–Crippen LogP) is -0.202. The van der Waals surface area contributed by atoms with Crippen molar-refractivity contribution in [3.63, 3.8) is 0 Å². The summed E-state index contributed by atoms with van der Waals surface area (Å²) in [4.78, 5) is 4.20. The molecular formula is C4H5N3OS. The Hall–Kier alpha value is -1.15. The largest absolute Gasteiger partial charge is 0.398 e. The molecule has 0 aromatic heterocycles. The molecule has 48 valence electrons. The van der Waals surface area contributed by atoms with Crippen LogP contribution in [0.4, 0.5) is 0 Å². The van der Waals surface area contributed by atoms with Crippen LogP contribution in [0.2, 0.25) is 0 Å². The first-order valence-corrected chi connectivity index (χ1v) is 2.44. The molecule has 0 bridgehead atoms. The highest BCUT2D eigenvalue weighted by molar-refractivity contribution is 7.82. The van der Waals surface area contributed by atoms with Crippen LogP contribution in [0.1, 0.15) is 0 Å². The minimum Gasteiger partial charge on any atom is -0.398 e. The van der Waals surface area contributed by atoms with Crippen LogP contribution >= 0.6 is 12.2 Å². The summed E-state index contributed by atoms with van der Waals surface area (Å²) in [5.41, 5.74) is 4.97. The van der Waals surface area contributed by atoms with Crippen LogP contribution in [0.3, 0.4) is 0 Å². The lowest BCUT2D eigenvalue weighted by Crippen LogP contribution is -2.19. The quantitative estimate of drug-likeness (QED) is 0.330. The highest BCUT2D eigenvalue weighted by Gasteiger charge is 1.98. The highest BCUT2D eigenvalue weighted by atomic mass is 32.1. The molecule has 0 aliphatic rings. The van der Waals surface area contributed by atoms with Crippen molar-refractivity contribution in [2.24, 2.45) is 10.9 Å².